The first kappa shape index (κ1) is 15.8. The van der Waals surface area contributed by atoms with E-state index in [2.05, 4.69) is 19.2 Å². The van der Waals surface area contributed by atoms with Gasteiger partial charge in [-0.3, -0.25) is 4.79 Å². The van der Waals surface area contributed by atoms with Crippen LogP contribution in [0.4, 0.5) is 0 Å². The molecule has 0 spiro atoms. The molecule has 4 heteroatoms. The number of nitrogens with one attached hydrogen (secondary N) is 1. The van der Waals surface area contributed by atoms with Crippen LogP contribution in [0.1, 0.15) is 39.5 Å². The minimum absolute atomic E-state index is 0.185. The molecular formula is C14H28N2OS. The van der Waals surface area contributed by atoms with Gasteiger partial charge in [0.15, 0.2) is 0 Å². The van der Waals surface area contributed by atoms with Crippen molar-refractivity contribution in [2.45, 2.75) is 39.5 Å². The number of carbonyl (C=O) groups excluding carboxylic acids is 1. The summed E-state index contributed by atoms with van der Waals surface area (Å²) in [4.78, 5) is 11.9. The smallest absolute Gasteiger partial charge is 0.220 e. The van der Waals surface area contributed by atoms with Crippen LogP contribution in [0.5, 0.6) is 0 Å². The average Bonchev–Trinajstić information content (AvgIpc) is 2.36. The van der Waals surface area contributed by atoms with Crippen LogP contribution in [0.15, 0.2) is 0 Å². The van der Waals surface area contributed by atoms with Crippen molar-refractivity contribution in [3.63, 3.8) is 0 Å². The molecule has 0 aromatic carbocycles. The van der Waals surface area contributed by atoms with Gasteiger partial charge >= 0.3 is 0 Å². The minimum Gasteiger partial charge on any atom is -0.356 e. The fraction of sp³-hybridized carbons (Fsp3) is 0.929. The molecule has 1 unspecified atom stereocenters. The molecule has 1 heterocycles. The van der Waals surface area contributed by atoms with Gasteiger partial charge in [0.2, 0.25) is 5.91 Å². The first-order chi connectivity index (χ1) is 8.61. The lowest BCUT2D eigenvalue weighted by atomic mass is 9.94. The Bertz CT molecular complexity index is 240. The van der Waals surface area contributed by atoms with Gasteiger partial charge in [0.1, 0.15) is 0 Å². The van der Waals surface area contributed by atoms with E-state index in [1.807, 2.05) is 11.8 Å². The van der Waals surface area contributed by atoms with E-state index in [0.717, 1.165) is 13.0 Å². The SMILES string of the molecule is CC(C)CC(CN)CC(=O)NCC1CCSCC1. The summed E-state index contributed by atoms with van der Waals surface area (Å²) in [5.74, 6) is 4.33. The molecule has 0 aromatic rings. The van der Waals surface area contributed by atoms with Gasteiger partial charge in [0, 0.05) is 13.0 Å². The predicted molar refractivity (Wildman–Crippen MR) is 79.7 cm³/mol. The Morgan fingerprint density at radius 1 is 1.39 bits per heavy atom. The third kappa shape index (κ3) is 6.64. The quantitative estimate of drug-likeness (QED) is 0.747. The molecule has 18 heavy (non-hydrogen) atoms. The average molecular weight is 272 g/mol. The number of thioether (sulfide) groups is 1. The molecule has 1 aliphatic rings. The normalized spacial score (nSPS) is 18.9. The number of rotatable bonds is 7. The number of amides is 1. The Hall–Kier alpha value is -0.220. The van der Waals surface area contributed by atoms with E-state index in [-0.39, 0.29) is 5.91 Å². The van der Waals surface area contributed by atoms with Gasteiger partial charge in [-0.2, -0.15) is 11.8 Å². The highest BCUT2D eigenvalue weighted by atomic mass is 32.2. The molecule has 3 N–H and O–H groups in total. The first-order valence-electron chi connectivity index (χ1n) is 7.16. The fourth-order valence-electron chi connectivity index (χ4n) is 2.47. The largest absolute Gasteiger partial charge is 0.356 e. The summed E-state index contributed by atoms with van der Waals surface area (Å²) in [6, 6.07) is 0. The van der Waals surface area contributed by atoms with Crippen molar-refractivity contribution in [3.8, 4) is 0 Å². The van der Waals surface area contributed by atoms with Gasteiger partial charge < -0.3 is 11.1 Å². The van der Waals surface area contributed by atoms with Crippen molar-refractivity contribution < 1.29 is 4.79 Å². The Labute approximate surface area is 116 Å². The topological polar surface area (TPSA) is 55.1 Å². The van der Waals surface area contributed by atoms with E-state index in [1.54, 1.807) is 0 Å². The maximum absolute atomic E-state index is 11.9. The summed E-state index contributed by atoms with van der Waals surface area (Å²) >= 11 is 2.02. The summed E-state index contributed by atoms with van der Waals surface area (Å²) in [5, 5.41) is 3.09. The zero-order valence-corrected chi connectivity index (χ0v) is 12.6. The van der Waals surface area contributed by atoms with Crippen LogP contribution in [0, 0.1) is 17.8 Å². The van der Waals surface area contributed by atoms with Crippen molar-refractivity contribution >= 4 is 17.7 Å². The zero-order valence-electron chi connectivity index (χ0n) is 11.8. The number of carbonyl (C=O) groups is 1. The summed E-state index contributed by atoms with van der Waals surface area (Å²) < 4.78 is 0. The Balaban J connectivity index is 2.18. The molecule has 0 saturated carbocycles. The third-order valence-corrected chi connectivity index (χ3v) is 4.59. The van der Waals surface area contributed by atoms with Crippen LogP contribution in [-0.2, 0) is 4.79 Å². The lowest BCUT2D eigenvalue weighted by Gasteiger charge is -2.22. The molecule has 0 aromatic heterocycles. The monoisotopic (exact) mass is 272 g/mol. The molecule has 1 rings (SSSR count). The van der Waals surface area contributed by atoms with E-state index in [0.29, 0.717) is 30.7 Å². The highest BCUT2D eigenvalue weighted by Crippen LogP contribution is 2.22. The second-order valence-corrected chi connectivity index (χ2v) is 7.02. The molecule has 1 amide bonds. The van der Waals surface area contributed by atoms with Crippen molar-refractivity contribution in [1.29, 1.82) is 0 Å². The fourth-order valence-corrected chi connectivity index (χ4v) is 3.68. The lowest BCUT2D eigenvalue weighted by molar-refractivity contribution is -0.122. The van der Waals surface area contributed by atoms with Gasteiger partial charge in [-0.25, -0.2) is 0 Å². The molecule has 106 valence electrons. The number of hydrogen-bond donors (Lipinski definition) is 2. The van der Waals surface area contributed by atoms with Gasteiger partial charge in [-0.1, -0.05) is 13.8 Å². The molecule has 1 aliphatic heterocycles. The summed E-state index contributed by atoms with van der Waals surface area (Å²) in [7, 11) is 0. The summed E-state index contributed by atoms with van der Waals surface area (Å²) in [6.45, 7) is 5.84. The van der Waals surface area contributed by atoms with Crippen LogP contribution in [0.3, 0.4) is 0 Å². The van der Waals surface area contributed by atoms with Gasteiger partial charge in [-0.15, -0.1) is 0 Å². The lowest BCUT2D eigenvalue weighted by Crippen LogP contribution is -2.33. The highest BCUT2D eigenvalue weighted by Gasteiger charge is 2.17. The molecular weight excluding hydrogens is 244 g/mol. The van der Waals surface area contributed by atoms with Crippen LogP contribution in [0.2, 0.25) is 0 Å². The first-order valence-corrected chi connectivity index (χ1v) is 8.31. The second-order valence-electron chi connectivity index (χ2n) is 5.80. The maximum Gasteiger partial charge on any atom is 0.220 e. The maximum atomic E-state index is 11.9. The number of nitrogens with two attached hydrogens (primary N) is 1. The molecule has 1 fully saturated rings. The zero-order chi connectivity index (χ0) is 13.4. The van der Waals surface area contributed by atoms with Crippen molar-refractivity contribution in [2.75, 3.05) is 24.6 Å². The van der Waals surface area contributed by atoms with Crippen molar-refractivity contribution in [3.05, 3.63) is 0 Å². The minimum atomic E-state index is 0.185. The standard InChI is InChI=1S/C14H28N2OS/c1-11(2)7-13(9-15)8-14(17)16-10-12-3-5-18-6-4-12/h11-13H,3-10,15H2,1-2H3,(H,16,17). The van der Waals surface area contributed by atoms with Crippen molar-refractivity contribution in [2.24, 2.45) is 23.5 Å². The van der Waals surface area contributed by atoms with E-state index in [1.165, 1.54) is 24.3 Å². The van der Waals surface area contributed by atoms with E-state index in [4.69, 9.17) is 5.73 Å². The predicted octanol–water partition coefficient (Wildman–Crippen LogP) is 2.26. The van der Waals surface area contributed by atoms with E-state index in [9.17, 15) is 4.79 Å². The van der Waals surface area contributed by atoms with Crippen LogP contribution < -0.4 is 11.1 Å². The third-order valence-electron chi connectivity index (χ3n) is 3.54. The molecule has 0 radical (unpaired) electrons. The summed E-state index contributed by atoms with van der Waals surface area (Å²) in [5.41, 5.74) is 5.73. The van der Waals surface area contributed by atoms with Crippen LogP contribution >= 0.6 is 11.8 Å². The second kappa shape index (κ2) is 8.81. The Morgan fingerprint density at radius 2 is 2.06 bits per heavy atom. The van der Waals surface area contributed by atoms with E-state index < -0.39 is 0 Å². The summed E-state index contributed by atoms with van der Waals surface area (Å²) in [6.07, 6.45) is 4.13. The Morgan fingerprint density at radius 3 is 2.61 bits per heavy atom. The molecule has 0 bridgehead atoms. The number of hydrogen-bond acceptors (Lipinski definition) is 3. The van der Waals surface area contributed by atoms with Gasteiger partial charge in [-0.05, 0) is 55.1 Å². The van der Waals surface area contributed by atoms with E-state index >= 15 is 0 Å². The highest BCUT2D eigenvalue weighted by molar-refractivity contribution is 7.99. The van der Waals surface area contributed by atoms with Crippen LogP contribution in [-0.4, -0.2) is 30.5 Å². The van der Waals surface area contributed by atoms with Gasteiger partial charge in [0.05, 0.1) is 0 Å². The van der Waals surface area contributed by atoms with Gasteiger partial charge in [0.25, 0.3) is 0 Å². The molecule has 1 atom stereocenters. The molecule has 0 aliphatic carbocycles. The molecule has 1 saturated heterocycles. The van der Waals surface area contributed by atoms with Crippen LogP contribution in [0.25, 0.3) is 0 Å². The Kier molecular flexibility index (Phi) is 7.75. The van der Waals surface area contributed by atoms with Crippen molar-refractivity contribution in [1.82, 2.24) is 5.32 Å². The molecule has 3 nitrogen and oxygen atoms in total.